The third-order valence-corrected chi connectivity index (χ3v) is 4.91. The maximum Gasteiger partial charge on any atom is 0.257 e. The van der Waals surface area contributed by atoms with Gasteiger partial charge < -0.3 is 19.4 Å². The van der Waals surface area contributed by atoms with Crippen molar-refractivity contribution in [3.8, 4) is 5.75 Å². The van der Waals surface area contributed by atoms with Gasteiger partial charge in [-0.15, -0.1) is 0 Å². The minimum atomic E-state index is -0.457. The summed E-state index contributed by atoms with van der Waals surface area (Å²) < 4.78 is 7.27. The first-order chi connectivity index (χ1) is 12.3. The lowest BCUT2D eigenvalue weighted by atomic mass is 10.2. The average Bonchev–Trinajstić information content (AvgIpc) is 3.00. The number of rotatable bonds is 5. The van der Waals surface area contributed by atoms with E-state index in [2.05, 4.69) is 10.3 Å². The number of thioether (sulfide) groups is 1. The molecule has 0 aliphatic carbocycles. The van der Waals surface area contributed by atoms with Crippen molar-refractivity contribution >= 4 is 28.8 Å². The Kier molecular flexibility index (Phi) is 5.03. The van der Waals surface area contributed by atoms with E-state index < -0.39 is 5.43 Å². The molecule has 0 radical (unpaired) electrons. The highest BCUT2D eigenvalue weighted by molar-refractivity contribution is 7.99. The van der Waals surface area contributed by atoms with Gasteiger partial charge >= 0.3 is 0 Å². The van der Waals surface area contributed by atoms with Gasteiger partial charge in [-0.3, -0.25) is 9.59 Å². The van der Waals surface area contributed by atoms with E-state index in [1.165, 1.54) is 17.8 Å². The zero-order chi connectivity index (χ0) is 18.8. The molecule has 8 heteroatoms. The smallest absolute Gasteiger partial charge is 0.257 e. The molecule has 2 N–H and O–H groups in total. The van der Waals surface area contributed by atoms with Crippen molar-refractivity contribution in [2.45, 2.75) is 25.6 Å². The van der Waals surface area contributed by atoms with E-state index in [1.807, 2.05) is 25.1 Å². The zero-order valence-electron chi connectivity index (χ0n) is 14.7. The Hall–Kier alpha value is -2.74. The second-order valence-electron chi connectivity index (χ2n) is 6.02. The monoisotopic (exact) mass is 373 g/mol. The summed E-state index contributed by atoms with van der Waals surface area (Å²) in [7, 11) is 1.73. The highest BCUT2D eigenvalue weighted by Crippen LogP contribution is 2.24. The summed E-state index contributed by atoms with van der Waals surface area (Å²) in [6, 6.07) is 7.06. The van der Waals surface area contributed by atoms with Crippen LogP contribution in [0, 0.1) is 13.8 Å². The molecule has 3 rings (SSSR count). The lowest BCUT2D eigenvalue weighted by Crippen LogP contribution is -2.27. The molecule has 0 aliphatic heterocycles. The number of nitrogens with one attached hydrogen (secondary N) is 1. The van der Waals surface area contributed by atoms with Gasteiger partial charge in [-0.2, -0.15) is 0 Å². The topological polar surface area (TPSA) is 97.4 Å². The number of fused-ring (bicyclic) bond motifs is 1. The van der Waals surface area contributed by atoms with E-state index in [1.54, 1.807) is 18.5 Å². The molecule has 0 aliphatic rings. The van der Waals surface area contributed by atoms with Crippen molar-refractivity contribution in [2.24, 2.45) is 7.05 Å². The van der Waals surface area contributed by atoms with Crippen LogP contribution in [-0.4, -0.2) is 26.3 Å². The molecule has 0 saturated carbocycles. The quantitative estimate of drug-likeness (QED) is 0.666. The molecule has 3 aromatic rings. The van der Waals surface area contributed by atoms with Crippen molar-refractivity contribution in [1.29, 1.82) is 0 Å². The summed E-state index contributed by atoms with van der Waals surface area (Å²) >= 11 is 1.19. The maximum atomic E-state index is 12.1. The van der Waals surface area contributed by atoms with Gasteiger partial charge in [0, 0.05) is 18.8 Å². The Morgan fingerprint density at radius 3 is 2.88 bits per heavy atom. The third-order valence-electron chi connectivity index (χ3n) is 4.08. The van der Waals surface area contributed by atoms with Crippen LogP contribution in [0.4, 0.5) is 0 Å². The number of aromatic nitrogens is 2. The molecule has 2 heterocycles. The summed E-state index contributed by atoms with van der Waals surface area (Å²) in [5.74, 6) is -0.478. The number of hydrogen-bond donors (Lipinski definition) is 2. The molecule has 136 valence electrons. The number of carbonyl (C=O) groups excluding carboxylic acids is 1. The van der Waals surface area contributed by atoms with Crippen molar-refractivity contribution < 1.29 is 14.3 Å². The fourth-order valence-electron chi connectivity index (χ4n) is 2.51. The summed E-state index contributed by atoms with van der Waals surface area (Å²) in [5, 5.41) is 13.0. The first-order valence-electron chi connectivity index (χ1n) is 8.00. The van der Waals surface area contributed by atoms with Crippen LogP contribution in [-0.2, 0) is 18.4 Å². The molecule has 0 saturated heterocycles. The predicted octanol–water partition coefficient (Wildman–Crippen LogP) is 2.26. The predicted molar refractivity (Wildman–Crippen MR) is 99.4 cm³/mol. The molecular weight excluding hydrogens is 354 g/mol. The minimum absolute atomic E-state index is 0.0609. The van der Waals surface area contributed by atoms with Crippen LogP contribution in [0.2, 0.25) is 0 Å². The summed E-state index contributed by atoms with van der Waals surface area (Å²) in [6.45, 7) is 3.80. The van der Waals surface area contributed by atoms with Gasteiger partial charge in [0.2, 0.25) is 11.3 Å². The van der Waals surface area contributed by atoms with Crippen molar-refractivity contribution in [3.05, 3.63) is 51.4 Å². The van der Waals surface area contributed by atoms with Crippen molar-refractivity contribution in [3.63, 3.8) is 0 Å². The Balaban J connectivity index is 1.62. The van der Waals surface area contributed by atoms with Gasteiger partial charge in [0.25, 0.3) is 5.22 Å². The fourth-order valence-corrected chi connectivity index (χ4v) is 3.18. The summed E-state index contributed by atoms with van der Waals surface area (Å²) in [5.41, 5.74) is 3.13. The Labute approximate surface area is 154 Å². The molecule has 0 spiro atoms. The lowest BCUT2D eigenvalue weighted by molar-refractivity contribution is -0.118. The van der Waals surface area contributed by atoms with Crippen LogP contribution in [0.25, 0.3) is 11.1 Å². The van der Waals surface area contributed by atoms with Crippen LogP contribution >= 0.6 is 11.8 Å². The van der Waals surface area contributed by atoms with Crippen molar-refractivity contribution in [1.82, 2.24) is 14.9 Å². The number of oxazole rings is 1. The van der Waals surface area contributed by atoms with Crippen molar-refractivity contribution in [2.75, 3.05) is 5.75 Å². The molecule has 0 atom stereocenters. The number of benzene rings is 1. The van der Waals surface area contributed by atoms with Crippen LogP contribution in [0.5, 0.6) is 5.75 Å². The highest BCUT2D eigenvalue weighted by Gasteiger charge is 2.13. The highest BCUT2D eigenvalue weighted by atomic mass is 32.2. The van der Waals surface area contributed by atoms with E-state index in [4.69, 9.17) is 4.42 Å². The first kappa shape index (κ1) is 18.1. The van der Waals surface area contributed by atoms with Gasteiger partial charge in [0.05, 0.1) is 18.0 Å². The molecule has 7 nitrogen and oxygen atoms in total. The Morgan fingerprint density at radius 2 is 2.12 bits per heavy atom. The number of hydrogen-bond acceptors (Lipinski definition) is 6. The lowest BCUT2D eigenvalue weighted by Gasteiger charge is -2.14. The number of aromatic hydroxyl groups is 1. The molecule has 26 heavy (non-hydrogen) atoms. The Morgan fingerprint density at radius 1 is 1.35 bits per heavy atom. The number of nitrogens with zero attached hydrogens (tertiary/aromatic N) is 2. The fraction of sp³-hybridized carbons (Fsp3) is 0.278. The second kappa shape index (κ2) is 7.25. The summed E-state index contributed by atoms with van der Waals surface area (Å²) in [6.07, 6.45) is 0. The number of amides is 1. The van der Waals surface area contributed by atoms with Gasteiger partial charge in [-0.1, -0.05) is 17.8 Å². The van der Waals surface area contributed by atoms with Crippen LogP contribution in [0.1, 0.15) is 17.0 Å². The second-order valence-corrected chi connectivity index (χ2v) is 6.95. The Bertz CT molecular complexity index is 1040. The molecule has 2 aromatic heterocycles. The summed E-state index contributed by atoms with van der Waals surface area (Å²) in [4.78, 5) is 28.1. The molecule has 0 unspecified atom stereocenters. The van der Waals surface area contributed by atoms with Crippen LogP contribution in [0.3, 0.4) is 0 Å². The van der Waals surface area contributed by atoms with Crippen LogP contribution in [0.15, 0.2) is 38.7 Å². The molecule has 0 bridgehead atoms. The largest absolute Gasteiger partial charge is 0.503 e. The van der Waals surface area contributed by atoms with E-state index in [0.29, 0.717) is 22.2 Å². The number of carbonyl (C=O) groups is 1. The molecule has 0 fully saturated rings. The maximum absolute atomic E-state index is 12.1. The standard InChI is InChI=1S/C18H19N3O4S/c1-10-4-5-15-12(6-10)20-18(25-15)26-9-16(23)19-8-13-17(24)14(22)7-11(2)21(13)3/h4-7,24H,8-9H2,1-3H3,(H,19,23). The van der Waals surface area contributed by atoms with Gasteiger partial charge in [-0.05, 0) is 31.5 Å². The third kappa shape index (κ3) is 3.75. The van der Waals surface area contributed by atoms with E-state index >= 15 is 0 Å². The van der Waals surface area contributed by atoms with Gasteiger partial charge in [-0.25, -0.2) is 4.98 Å². The molecule has 1 amide bonds. The molecule has 1 aromatic carbocycles. The molecular formula is C18H19N3O4S. The van der Waals surface area contributed by atoms with E-state index in [9.17, 15) is 14.7 Å². The average molecular weight is 373 g/mol. The zero-order valence-corrected chi connectivity index (χ0v) is 15.5. The van der Waals surface area contributed by atoms with E-state index in [0.717, 1.165) is 11.1 Å². The first-order valence-corrected chi connectivity index (χ1v) is 8.99. The number of pyridine rings is 1. The normalized spacial score (nSPS) is 11.0. The SMILES string of the molecule is Cc1ccc2oc(SCC(=O)NCc3c(O)c(=O)cc(C)n3C)nc2c1. The minimum Gasteiger partial charge on any atom is -0.503 e. The van der Waals surface area contributed by atoms with Gasteiger partial charge in [0.1, 0.15) is 5.52 Å². The van der Waals surface area contributed by atoms with Gasteiger partial charge in [0.15, 0.2) is 11.3 Å². The van der Waals surface area contributed by atoms with E-state index in [-0.39, 0.29) is 24.0 Å². The number of aryl methyl sites for hydroxylation is 2. The van der Waals surface area contributed by atoms with Crippen LogP contribution < -0.4 is 10.7 Å².